The first-order valence-corrected chi connectivity index (χ1v) is 8.84. The molecule has 5 nitrogen and oxygen atoms in total. The third-order valence-corrected chi connectivity index (χ3v) is 5.05. The van der Waals surface area contributed by atoms with Crippen molar-refractivity contribution in [3.05, 3.63) is 23.7 Å². The predicted molar refractivity (Wildman–Crippen MR) is 90.3 cm³/mol. The lowest BCUT2D eigenvalue weighted by Crippen LogP contribution is -2.45. The predicted octanol–water partition coefficient (Wildman–Crippen LogP) is 2.81. The van der Waals surface area contributed by atoms with Crippen LogP contribution in [0.25, 0.3) is 0 Å². The van der Waals surface area contributed by atoms with Crippen molar-refractivity contribution in [2.75, 3.05) is 33.7 Å². The Morgan fingerprint density at radius 2 is 2.00 bits per heavy atom. The summed E-state index contributed by atoms with van der Waals surface area (Å²) < 4.78 is 5.96. The lowest BCUT2D eigenvalue weighted by molar-refractivity contribution is 0.114. The van der Waals surface area contributed by atoms with Gasteiger partial charge < -0.3 is 14.2 Å². The van der Waals surface area contributed by atoms with E-state index in [1.807, 2.05) is 19.0 Å². The van der Waals surface area contributed by atoms with Gasteiger partial charge in [0.2, 0.25) is 0 Å². The van der Waals surface area contributed by atoms with Crippen LogP contribution in [-0.2, 0) is 13.0 Å². The number of hydrogen-bond donors (Lipinski definition) is 0. The minimum absolute atomic E-state index is 0.145. The molecule has 2 bridgehead atoms. The van der Waals surface area contributed by atoms with Crippen molar-refractivity contribution in [2.45, 2.75) is 45.2 Å². The van der Waals surface area contributed by atoms with E-state index in [2.05, 4.69) is 24.0 Å². The van der Waals surface area contributed by atoms with Gasteiger partial charge in [0.05, 0.1) is 6.54 Å². The minimum Gasteiger partial charge on any atom is -0.465 e. The topological polar surface area (TPSA) is 39.9 Å². The van der Waals surface area contributed by atoms with Crippen LogP contribution < -0.4 is 0 Å². The van der Waals surface area contributed by atoms with Crippen molar-refractivity contribution in [2.24, 2.45) is 5.92 Å². The van der Waals surface area contributed by atoms with Crippen LogP contribution in [0.5, 0.6) is 0 Å². The largest absolute Gasteiger partial charge is 0.465 e. The van der Waals surface area contributed by atoms with E-state index in [1.165, 1.54) is 12.8 Å². The zero-order chi connectivity index (χ0) is 16.4. The van der Waals surface area contributed by atoms with Gasteiger partial charge in [-0.3, -0.25) is 4.90 Å². The maximum atomic E-state index is 12.3. The summed E-state index contributed by atoms with van der Waals surface area (Å²) in [6.07, 6.45) is 4.54. The van der Waals surface area contributed by atoms with E-state index in [4.69, 9.17) is 4.42 Å². The van der Waals surface area contributed by atoms with Crippen molar-refractivity contribution in [3.8, 4) is 0 Å². The quantitative estimate of drug-likeness (QED) is 0.857. The number of furan rings is 1. The molecule has 1 aromatic heterocycles. The highest BCUT2D eigenvalue weighted by Gasteiger charge is 2.37. The van der Waals surface area contributed by atoms with Crippen LogP contribution >= 0.6 is 0 Å². The number of carbonyl (C=O) groups excluding carboxylic acids is 1. The number of piperidine rings is 1. The molecule has 23 heavy (non-hydrogen) atoms. The smallest absolute Gasteiger partial charge is 0.319 e. The summed E-state index contributed by atoms with van der Waals surface area (Å²) in [5.41, 5.74) is 0. The van der Waals surface area contributed by atoms with Crippen LogP contribution in [-0.4, -0.2) is 60.5 Å². The first kappa shape index (κ1) is 16.4. The SMILES string of the molecule is CCCc1ccc(CN2C[C@@H]3CC[C@H]2CN(C(=O)N(C)C)C3)o1. The van der Waals surface area contributed by atoms with Gasteiger partial charge in [-0.1, -0.05) is 6.92 Å². The van der Waals surface area contributed by atoms with E-state index in [0.29, 0.717) is 12.0 Å². The monoisotopic (exact) mass is 319 g/mol. The Bertz CT molecular complexity index is 540. The molecule has 1 aromatic rings. The molecule has 5 heteroatoms. The average Bonchev–Trinajstić information content (AvgIpc) is 2.77. The summed E-state index contributed by atoms with van der Waals surface area (Å²) in [5, 5.41) is 0. The summed E-state index contributed by atoms with van der Waals surface area (Å²) in [5.74, 6) is 2.74. The van der Waals surface area contributed by atoms with Gasteiger partial charge in [0.15, 0.2) is 0 Å². The van der Waals surface area contributed by atoms with Crippen LogP contribution in [0, 0.1) is 5.92 Å². The van der Waals surface area contributed by atoms with Gasteiger partial charge in [0, 0.05) is 46.2 Å². The minimum atomic E-state index is 0.145. The Morgan fingerprint density at radius 1 is 1.22 bits per heavy atom. The molecule has 3 fully saturated rings. The van der Waals surface area contributed by atoms with E-state index >= 15 is 0 Å². The molecule has 2 amide bonds. The van der Waals surface area contributed by atoms with Gasteiger partial charge in [0.25, 0.3) is 0 Å². The van der Waals surface area contributed by atoms with Crippen molar-refractivity contribution < 1.29 is 9.21 Å². The van der Waals surface area contributed by atoms with Gasteiger partial charge in [-0.2, -0.15) is 0 Å². The van der Waals surface area contributed by atoms with Gasteiger partial charge in [-0.15, -0.1) is 0 Å². The van der Waals surface area contributed by atoms with Crippen molar-refractivity contribution in [3.63, 3.8) is 0 Å². The molecule has 0 N–H and O–H groups in total. The molecule has 0 saturated carbocycles. The Labute approximate surface area is 139 Å². The molecular formula is C18H29N3O2. The number of fused-ring (bicyclic) bond motifs is 4. The molecule has 3 saturated heterocycles. The Morgan fingerprint density at radius 3 is 2.74 bits per heavy atom. The highest BCUT2D eigenvalue weighted by Crippen LogP contribution is 2.30. The van der Waals surface area contributed by atoms with Gasteiger partial charge in [-0.05, 0) is 37.3 Å². The fourth-order valence-electron chi connectivity index (χ4n) is 3.90. The summed E-state index contributed by atoms with van der Waals surface area (Å²) in [4.78, 5) is 18.6. The number of amides is 2. The molecular weight excluding hydrogens is 290 g/mol. The molecule has 3 aliphatic heterocycles. The number of rotatable bonds is 4. The van der Waals surface area contributed by atoms with Crippen LogP contribution in [0.1, 0.15) is 37.7 Å². The van der Waals surface area contributed by atoms with E-state index in [9.17, 15) is 4.79 Å². The maximum Gasteiger partial charge on any atom is 0.319 e. The number of aryl methyl sites for hydroxylation is 1. The normalized spacial score (nSPS) is 24.7. The molecule has 4 rings (SSSR count). The lowest BCUT2D eigenvalue weighted by Gasteiger charge is -2.35. The summed E-state index contributed by atoms with van der Waals surface area (Å²) >= 11 is 0. The second-order valence-corrected chi connectivity index (χ2v) is 7.23. The van der Waals surface area contributed by atoms with E-state index < -0.39 is 0 Å². The third-order valence-electron chi connectivity index (χ3n) is 5.05. The van der Waals surface area contributed by atoms with Gasteiger partial charge >= 0.3 is 6.03 Å². The number of urea groups is 1. The van der Waals surface area contributed by atoms with Crippen molar-refractivity contribution in [1.29, 1.82) is 0 Å². The van der Waals surface area contributed by atoms with Crippen molar-refractivity contribution >= 4 is 6.03 Å². The van der Waals surface area contributed by atoms with Crippen LogP contribution in [0.4, 0.5) is 4.79 Å². The first-order valence-electron chi connectivity index (χ1n) is 8.84. The Kier molecular flexibility index (Phi) is 4.95. The zero-order valence-electron chi connectivity index (χ0n) is 14.6. The maximum absolute atomic E-state index is 12.3. The second-order valence-electron chi connectivity index (χ2n) is 7.23. The number of carbonyl (C=O) groups is 1. The number of hydrogen-bond acceptors (Lipinski definition) is 3. The van der Waals surface area contributed by atoms with Gasteiger partial charge in [0.1, 0.15) is 11.5 Å². The standard InChI is InChI=1S/C18H29N3O2/c1-4-5-16-8-9-17(23-16)13-20-10-14-6-7-15(20)12-21(11-14)18(22)19(2)3/h8-9,14-15H,4-7,10-13H2,1-3H3/t14-,15-/m0/s1. The molecule has 0 spiro atoms. The first-order chi connectivity index (χ1) is 11.1. The molecule has 3 aliphatic rings. The summed E-state index contributed by atoms with van der Waals surface area (Å²) in [6, 6.07) is 4.83. The Hall–Kier alpha value is -1.49. The fraction of sp³-hybridized carbons (Fsp3) is 0.722. The Balaban J connectivity index is 1.66. The lowest BCUT2D eigenvalue weighted by atomic mass is 9.95. The molecule has 128 valence electrons. The molecule has 0 aromatic carbocycles. The fourth-order valence-corrected chi connectivity index (χ4v) is 3.90. The molecule has 0 aliphatic carbocycles. The van der Waals surface area contributed by atoms with Crippen LogP contribution in [0.3, 0.4) is 0 Å². The highest BCUT2D eigenvalue weighted by atomic mass is 16.3. The molecule has 2 atom stereocenters. The summed E-state index contributed by atoms with van der Waals surface area (Å²) in [6.45, 7) is 5.85. The highest BCUT2D eigenvalue weighted by molar-refractivity contribution is 5.74. The zero-order valence-corrected chi connectivity index (χ0v) is 14.6. The molecule has 0 unspecified atom stereocenters. The second kappa shape index (κ2) is 6.95. The van der Waals surface area contributed by atoms with Crippen LogP contribution in [0.2, 0.25) is 0 Å². The third kappa shape index (κ3) is 3.71. The number of nitrogens with zero attached hydrogens (tertiary/aromatic N) is 3. The molecule has 4 heterocycles. The van der Waals surface area contributed by atoms with Crippen molar-refractivity contribution in [1.82, 2.24) is 14.7 Å². The molecule has 0 radical (unpaired) electrons. The average molecular weight is 319 g/mol. The summed E-state index contributed by atoms with van der Waals surface area (Å²) in [7, 11) is 3.68. The van der Waals surface area contributed by atoms with E-state index in [1.54, 1.807) is 4.90 Å². The van der Waals surface area contributed by atoms with Gasteiger partial charge in [-0.25, -0.2) is 4.79 Å². The van der Waals surface area contributed by atoms with E-state index in [0.717, 1.165) is 50.5 Å². The van der Waals surface area contributed by atoms with Crippen LogP contribution in [0.15, 0.2) is 16.5 Å². The van der Waals surface area contributed by atoms with E-state index in [-0.39, 0.29) is 6.03 Å².